The molecule has 0 spiro atoms. The van der Waals surface area contributed by atoms with E-state index >= 15 is 0 Å². The zero-order chi connectivity index (χ0) is 28.6. The van der Waals surface area contributed by atoms with Crippen molar-refractivity contribution < 1.29 is 19.4 Å². The van der Waals surface area contributed by atoms with E-state index in [1.807, 2.05) is 60.7 Å². The van der Waals surface area contributed by atoms with E-state index < -0.39 is 5.97 Å². The normalized spacial score (nSPS) is 11.7. The summed E-state index contributed by atoms with van der Waals surface area (Å²) in [7, 11) is 0. The molecule has 0 aliphatic carbocycles. The molecule has 0 aliphatic rings. The van der Waals surface area contributed by atoms with Gasteiger partial charge in [-0.1, -0.05) is 91.7 Å². The molecule has 0 aliphatic heterocycles. The van der Waals surface area contributed by atoms with E-state index in [4.69, 9.17) is 4.74 Å². The van der Waals surface area contributed by atoms with Crippen molar-refractivity contribution >= 4 is 17.6 Å². The molecular formula is C35H37NO4. The number of para-hydroxylation sites is 1. The Hall–Kier alpha value is -4.38. The Labute approximate surface area is 236 Å². The number of hydrogen-bond acceptors (Lipinski definition) is 3. The largest absolute Gasteiger partial charge is 0.489 e. The monoisotopic (exact) mass is 535 g/mol. The number of nitrogens with one attached hydrogen (secondary N) is 1. The molecule has 0 radical (unpaired) electrons. The lowest BCUT2D eigenvalue weighted by Gasteiger charge is -2.22. The highest BCUT2D eigenvalue weighted by Crippen LogP contribution is 2.30. The molecule has 0 bridgehead atoms. The van der Waals surface area contributed by atoms with Gasteiger partial charge >= 0.3 is 5.97 Å². The Morgan fingerprint density at radius 3 is 2.17 bits per heavy atom. The number of benzene rings is 4. The second-order valence-corrected chi connectivity index (χ2v) is 10.8. The third-order valence-corrected chi connectivity index (χ3v) is 6.88. The Balaban J connectivity index is 1.68. The molecule has 1 unspecified atom stereocenters. The Morgan fingerprint density at radius 1 is 0.825 bits per heavy atom. The molecule has 206 valence electrons. The molecule has 5 heteroatoms. The molecule has 2 N–H and O–H groups in total. The van der Waals surface area contributed by atoms with E-state index in [0.717, 1.165) is 33.6 Å². The SMILES string of the molecule is Cc1cc(C)cc(C(CC(C)C)C(=O)Nc2cc(COc3ccccc3)ccc2Cc2ccccc2C(=O)O)c1. The molecule has 1 amide bonds. The maximum atomic E-state index is 13.9. The van der Waals surface area contributed by atoms with Gasteiger partial charge in [-0.15, -0.1) is 0 Å². The van der Waals surface area contributed by atoms with E-state index in [9.17, 15) is 14.7 Å². The summed E-state index contributed by atoms with van der Waals surface area (Å²) in [4.78, 5) is 25.8. The van der Waals surface area contributed by atoms with Crippen LogP contribution in [0.1, 0.15) is 69.9 Å². The number of aromatic carboxylic acids is 1. The molecule has 0 saturated carbocycles. The smallest absolute Gasteiger partial charge is 0.335 e. The quantitative estimate of drug-likeness (QED) is 0.204. The Kier molecular flexibility index (Phi) is 9.39. The van der Waals surface area contributed by atoms with Gasteiger partial charge in [0.25, 0.3) is 0 Å². The van der Waals surface area contributed by atoms with Crippen LogP contribution in [-0.4, -0.2) is 17.0 Å². The summed E-state index contributed by atoms with van der Waals surface area (Å²) in [6, 6.07) is 28.7. The van der Waals surface area contributed by atoms with Crippen molar-refractivity contribution in [3.05, 3.63) is 130 Å². The number of rotatable bonds is 11. The molecular weight excluding hydrogens is 498 g/mol. The van der Waals surface area contributed by atoms with Crippen molar-refractivity contribution in [2.75, 3.05) is 5.32 Å². The third kappa shape index (κ3) is 7.60. The lowest BCUT2D eigenvalue weighted by Crippen LogP contribution is -2.23. The third-order valence-electron chi connectivity index (χ3n) is 6.88. The van der Waals surface area contributed by atoms with Gasteiger partial charge in [0.2, 0.25) is 5.91 Å². The first-order valence-electron chi connectivity index (χ1n) is 13.7. The van der Waals surface area contributed by atoms with Crippen LogP contribution in [0, 0.1) is 19.8 Å². The number of carbonyl (C=O) groups is 2. The summed E-state index contributed by atoms with van der Waals surface area (Å²) >= 11 is 0. The van der Waals surface area contributed by atoms with E-state index in [2.05, 4.69) is 51.2 Å². The van der Waals surface area contributed by atoms with E-state index in [1.165, 1.54) is 0 Å². The van der Waals surface area contributed by atoms with Crippen LogP contribution in [0.25, 0.3) is 0 Å². The van der Waals surface area contributed by atoms with Crippen LogP contribution in [0.15, 0.2) is 91.0 Å². The second kappa shape index (κ2) is 13.1. The van der Waals surface area contributed by atoms with Crippen LogP contribution >= 0.6 is 0 Å². The van der Waals surface area contributed by atoms with Crippen LogP contribution in [0.3, 0.4) is 0 Å². The molecule has 0 saturated heterocycles. The zero-order valence-electron chi connectivity index (χ0n) is 23.6. The molecule has 0 fully saturated rings. The molecule has 4 aromatic rings. The van der Waals surface area contributed by atoms with Crippen molar-refractivity contribution in [2.45, 2.75) is 53.1 Å². The van der Waals surface area contributed by atoms with Crippen molar-refractivity contribution in [3.63, 3.8) is 0 Å². The van der Waals surface area contributed by atoms with Crippen molar-refractivity contribution in [3.8, 4) is 5.75 Å². The maximum absolute atomic E-state index is 13.9. The number of carboxylic acids is 1. The van der Waals surface area contributed by atoms with Gasteiger partial charge in [-0.2, -0.15) is 0 Å². The van der Waals surface area contributed by atoms with Crippen LogP contribution in [-0.2, 0) is 17.8 Å². The molecule has 1 atom stereocenters. The fourth-order valence-electron chi connectivity index (χ4n) is 5.05. The Morgan fingerprint density at radius 2 is 1.50 bits per heavy atom. The summed E-state index contributed by atoms with van der Waals surface area (Å²) in [6.07, 6.45) is 1.08. The average molecular weight is 536 g/mol. The van der Waals surface area contributed by atoms with Gasteiger partial charge in [-0.3, -0.25) is 4.79 Å². The maximum Gasteiger partial charge on any atom is 0.335 e. The fourth-order valence-corrected chi connectivity index (χ4v) is 5.05. The molecule has 0 aromatic heterocycles. The van der Waals surface area contributed by atoms with Crippen molar-refractivity contribution in [1.29, 1.82) is 0 Å². The number of ether oxygens (including phenoxy) is 1. The van der Waals surface area contributed by atoms with Crippen LogP contribution in [0.4, 0.5) is 5.69 Å². The van der Waals surface area contributed by atoms with Crippen LogP contribution < -0.4 is 10.1 Å². The molecule has 4 rings (SSSR count). The minimum Gasteiger partial charge on any atom is -0.489 e. The predicted octanol–water partition coefficient (Wildman–Crippen LogP) is 7.94. The first kappa shape index (κ1) is 28.6. The standard InChI is InChI=1S/C35H37NO4/c1-23(2)16-32(29-18-24(3)17-25(4)19-29)34(37)36-33-20-26(22-40-30-11-6-5-7-12-30)14-15-28(33)21-27-10-8-9-13-31(27)35(38)39/h5-15,17-20,23,32H,16,21-22H2,1-4H3,(H,36,37)(H,38,39). The van der Waals surface area contributed by atoms with Gasteiger partial charge in [-0.05, 0) is 72.7 Å². The van der Waals surface area contributed by atoms with Gasteiger partial charge in [0.15, 0.2) is 0 Å². The summed E-state index contributed by atoms with van der Waals surface area (Å²) in [5.74, 6) is -0.279. The number of anilines is 1. The summed E-state index contributed by atoms with van der Waals surface area (Å²) < 4.78 is 5.97. The summed E-state index contributed by atoms with van der Waals surface area (Å²) in [6.45, 7) is 8.69. The van der Waals surface area contributed by atoms with E-state index in [1.54, 1.807) is 12.1 Å². The molecule has 4 aromatic carbocycles. The second-order valence-electron chi connectivity index (χ2n) is 10.8. The highest BCUT2D eigenvalue weighted by atomic mass is 16.5. The zero-order valence-corrected chi connectivity index (χ0v) is 23.6. The van der Waals surface area contributed by atoms with Crippen LogP contribution in [0.5, 0.6) is 5.75 Å². The number of carboxylic acid groups (broad SMARTS) is 1. The van der Waals surface area contributed by atoms with Gasteiger partial charge in [0.1, 0.15) is 12.4 Å². The first-order valence-corrected chi connectivity index (χ1v) is 13.7. The number of hydrogen-bond donors (Lipinski definition) is 2. The number of carbonyl (C=O) groups excluding carboxylic acids is 1. The highest BCUT2D eigenvalue weighted by Gasteiger charge is 2.24. The topological polar surface area (TPSA) is 75.6 Å². The molecule has 40 heavy (non-hydrogen) atoms. The summed E-state index contributed by atoms with van der Waals surface area (Å²) in [5, 5.41) is 12.9. The number of aryl methyl sites for hydroxylation is 2. The molecule has 0 heterocycles. The van der Waals surface area contributed by atoms with E-state index in [-0.39, 0.29) is 17.4 Å². The minimum absolute atomic E-state index is 0.0763. The summed E-state index contributed by atoms with van der Waals surface area (Å²) in [5.41, 5.74) is 6.61. The minimum atomic E-state index is -0.971. The lowest BCUT2D eigenvalue weighted by atomic mass is 9.87. The van der Waals surface area contributed by atoms with Gasteiger partial charge in [0, 0.05) is 12.1 Å². The van der Waals surface area contributed by atoms with Crippen LogP contribution in [0.2, 0.25) is 0 Å². The Bertz CT molecular complexity index is 1460. The fraction of sp³-hybridized carbons (Fsp3) is 0.257. The van der Waals surface area contributed by atoms with Gasteiger partial charge < -0.3 is 15.2 Å². The van der Waals surface area contributed by atoms with Crippen molar-refractivity contribution in [2.24, 2.45) is 5.92 Å². The van der Waals surface area contributed by atoms with E-state index in [0.29, 0.717) is 36.6 Å². The first-order chi connectivity index (χ1) is 19.2. The average Bonchev–Trinajstić information content (AvgIpc) is 2.92. The van der Waals surface area contributed by atoms with Gasteiger partial charge in [0.05, 0.1) is 11.5 Å². The lowest BCUT2D eigenvalue weighted by molar-refractivity contribution is -0.118. The van der Waals surface area contributed by atoms with Crippen molar-refractivity contribution in [1.82, 2.24) is 0 Å². The number of amides is 1. The predicted molar refractivity (Wildman–Crippen MR) is 160 cm³/mol. The highest BCUT2D eigenvalue weighted by molar-refractivity contribution is 5.97. The van der Waals surface area contributed by atoms with Gasteiger partial charge in [-0.25, -0.2) is 4.79 Å². The molecule has 5 nitrogen and oxygen atoms in total.